The van der Waals surface area contributed by atoms with Gasteiger partial charge in [0.15, 0.2) is 0 Å². The lowest BCUT2D eigenvalue weighted by molar-refractivity contribution is -0.00530. The lowest BCUT2D eigenvalue weighted by Gasteiger charge is -2.29. The molecule has 0 aromatic rings. The molecule has 2 N–H and O–H groups in total. The first-order chi connectivity index (χ1) is 6.46. The molecule has 0 aliphatic heterocycles. The Bertz CT molecular complexity index is 143. The molecule has 0 saturated carbocycles. The molecule has 0 heterocycles. The van der Waals surface area contributed by atoms with E-state index in [4.69, 9.17) is 0 Å². The number of hydrogen-bond donors (Lipinski definition) is 2. The van der Waals surface area contributed by atoms with Gasteiger partial charge in [0.05, 0.1) is 11.7 Å². The molecule has 0 aromatic carbocycles. The molecule has 2 nitrogen and oxygen atoms in total. The summed E-state index contributed by atoms with van der Waals surface area (Å²) in [5.41, 5.74) is -0.616. The fraction of sp³-hybridized carbons (Fsp3) is 1.00. The van der Waals surface area contributed by atoms with Gasteiger partial charge in [0.1, 0.15) is 0 Å². The average molecular weight is 202 g/mol. The van der Waals surface area contributed by atoms with E-state index in [0.29, 0.717) is 6.42 Å². The molecular weight excluding hydrogens is 176 g/mol. The van der Waals surface area contributed by atoms with Crippen LogP contribution in [0.4, 0.5) is 0 Å². The van der Waals surface area contributed by atoms with Crippen molar-refractivity contribution in [2.75, 3.05) is 0 Å². The van der Waals surface area contributed by atoms with Crippen molar-refractivity contribution in [1.82, 2.24) is 0 Å². The van der Waals surface area contributed by atoms with Gasteiger partial charge in [0, 0.05) is 0 Å². The van der Waals surface area contributed by atoms with E-state index in [1.807, 2.05) is 13.8 Å². The molecule has 0 aromatic heterocycles. The maximum Gasteiger partial charge on any atom is 0.0620 e. The van der Waals surface area contributed by atoms with Gasteiger partial charge in [-0.2, -0.15) is 0 Å². The minimum atomic E-state index is -0.616. The number of aliphatic hydroxyl groups is 2. The van der Waals surface area contributed by atoms with Crippen molar-refractivity contribution in [2.45, 2.75) is 71.5 Å². The summed E-state index contributed by atoms with van der Waals surface area (Å²) < 4.78 is 0. The SMILES string of the molecule is CCCC(O)C(CC)CC(C)(O)CC. The van der Waals surface area contributed by atoms with Crippen LogP contribution in [0.3, 0.4) is 0 Å². The van der Waals surface area contributed by atoms with E-state index in [2.05, 4.69) is 13.8 Å². The molecule has 0 rings (SSSR count). The van der Waals surface area contributed by atoms with Gasteiger partial charge in [-0.1, -0.05) is 33.6 Å². The van der Waals surface area contributed by atoms with E-state index in [9.17, 15) is 10.2 Å². The van der Waals surface area contributed by atoms with Gasteiger partial charge >= 0.3 is 0 Å². The first-order valence-corrected chi connectivity index (χ1v) is 5.87. The highest BCUT2D eigenvalue weighted by atomic mass is 16.3. The number of rotatable bonds is 7. The van der Waals surface area contributed by atoms with Crippen LogP contribution in [0.2, 0.25) is 0 Å². The Morgan fingerprint density at radius 3 is 2.14 bits per heavy atom. The molecule has 0 aliphatic carbocycles. The first kappa shape index (κ1) is 13.9. The number of hydrogen-bond acceptors (Lipinski definition) is 2. The van der Waals surface area contributed by atoms with E-state index in [1.54, 1.807) is 0 Å². The van der Waals surface area contributed by atoms with Crippen LogP contribution in [-0.4, -0.2) is 21.9 Å². The third-order valence-electron chi connectivity index (χ3n) is 3.12. The summed E-state index contributed by atoms with van der Waals surface area (Å²) >= 11 is 0. The van der Waals surface area contributed by atoms with Gasteiger partial charge in [-0.3, -0.25) is 0 Å². The van der Waals surface area contributed by atoms with Crippen LogP contribution in [-0.2, 0) is 0 Å². The van der Waals surface area contributed by atoms with Crippen molar-refractivity contribution in [3.8, 4) is 0 Å². The molecule has 14 heavy (non-hydrogen) atoms. The quantitative estimate of drug-likeness (QED) is 0.666. The molecule has 0 fully saturated rings. The third-order valence-corrected chi connectivity index (χ3v) is 3.12. The Labute approximate surface area is 88.3 Å². The average Bonchev–Trinajstić information content (AvgIpc) is 2.14. The molecule has 0 saturated heterocycles. The highest BCUT2D eigenvalue weighted by Gasteiger charge is 2.26. The van der Waals surface area contributed by atoms with Crippen LogP contribution >= 0.6 is 0 Å². The molecule has 0 bridgehead atoms. The maximum absolute atomic E-state index is 9.93. The molecule has 3 unspecified atom stereocenters. The second kappa shape index (κ2) is 6.41. The number of aliphatic hydroxyl groups excluding tert-OH is 1. The van der Waals surface area contributed by atoms with Gasteiger partial charge < -0.3 is 10.2 Å². The Morgan fingerprint density at radius 2 is 1.79 bits per heavy atom. The minimum Gasteiger partial charge on any atom is -0.393 e. The van der Waals surface area contributed by atoms with E-state index >= 15 is 0 Å². The Morgan fingerprint density at radius 1 is 1.21 bits per heavy atom. The Hall–Kier alpha value is -0.0800. The zero-order chi connectivity index (χ0) is 11.2. The van der Waals surface area contributed by atoms with Crippen molar-refractivity contribution < 1.29 is 10.2 Å². The summed E-state index contributed by atoms with van der Waals surface area (Å²) in [6.07, 6.45) is 4.01. The maximum atomic E-state index is 9.93. The predicted octanol–water partition coefficient (Wildman–Crippen LogP) is 2.72. The summed E-state index contributed by atoms with van der Waals surface area (Å²) in [5, 5.41) is 19.8. The molecule has 3 atom stereocenters. The van der Waals surface area contributed by atoms with Crippen LogP contribution in [0.25, 0.3) is 0 Å². The van der Waals surface area contributed by atoms with E-state index in [-0.39, 0.29) is 12.0 Å². The van der Waals surface area contributed by atoms with Crippen LogP contribution in [0.15, 0.2) is 0 Å². The van der Waals surface area contributed by atoms with Crippen molar-refractivity contribution in [1.29, 1.82) is 0 Å². The lowest BCUT2D eigenvalue weighted by atomic mass is 9.84. The fourth-order valence-corrected chi connectivity index (χ4v) is 1.79. The molecule has 2 heteroatoms. The summed E-state index contributed by atoms with van der Waals surface area (Å²) in [6.45, 7) is 8.00. The van der Waals surface area contributed by atoms with Gasteiger partial charge in [0.2, 0.25) is 0 Å². The van der Waals surface area contributed by atoms with E-state index < -0.39 is 5.60 Å². The summed E-state index contributed by atoms with van der Waals surface area (Å²) in [4.78, 5) is 0. The second-order valence-corrected chi connectivity index (χ2v) is 4.58. The summed E-state index contributed by atoms with van der Waals surface area (Å²) in [7, 11) is 0. The fourth-order valence-electron chi connectivity index (χ4n) is 1.79. The molecular formula is C12H26O2. The standard InChI is InChI=1S/C12H26O2/c1-5-8-11(13)10(6-2)9-12(4,14)7-3/h10-11,13-14H,5-9H2,1-4H3. The summed E-state index contributed by atoms with van der Waals surface area (Å²) in [5.74, 6) is 0.241. The van der Waals surface area contributed by atoms with Crippen molar-refractivity contribution in [2.24, 2.45) is 5.92 Å². The third kappa shape index (κ3) is 4.97. The van der Waals surface area contributed by atoms with Crippen molar-refractivity contribution in [3.63, 3.8) is 0 Å². The highest BCUT2D eigenvalue weighted by molar-refractivity contribution is 4.78. The zero-order valence-corrected chi connectivity index (χ0v) is 10.1. The molecule has 0 amide bonds. The molecule has 0 aliphatic rings. The Kier molecular flexibility index (Phi) is 6.38. The smallest absolute Gasteiger partial charge is 0.0620 e. The zero-order valence-electron chi connectivity index (χ0n) is 10.1. The van der Waals surface area contributed by atoms with Gasteiger partial charge in [-0.15, -0.1) is 0 Å². The minimum absolute atomic E-state index is 0.241. The van der Waals surface area contributed by atoms with Gasteiger partial charge in [-0.05, 0) is 32.1 Å². The topological polar surface area (TPSA) is 40.5 Å². The Balaban J connectivity index is 4.14. The molecule has 0 spiro atoms. The van der Waals surface area contributed by atoms with Crippen molar-refractivity contribution in [3.05, 3.63) is 0 Å². The van der Waals surface area contributed by atoms with Gasteiger partial charge in [-0.25, -0.2) is 0 Å². The van der Waals surface area contributed by atoms with Crippen LogP contribution in [0.5, 0.6) is 0 Å². The van der Waals surface area contributed by atoms with Crippen LogP contribution < -0.4 is 0 Å². The van der Waals surface area contributed by atoms with E-state index in [0.717, 1.165) is 25.7 Å². The second-order valence-electron chi connectivity index (χ2n) is 4.58. The van der Waals surface area contributed by atoms with E-state index in [1.165, 1.54) is 0 Å². The van der Waals surface area contributed by atoms with Gasteiger partial charge in [0.25, 0.3) is 0 Å². The highest BCUT2D eigenvalue weighted by Crippen LogP contribution is 2.26. The predicted molar refractivity (Wildman–Crippen MR) is 60.2 cm³/mol. The van der Waals surface area contributed by atoms with Crippen LogP contribution in [0, 0.1) is 5.92 Å². The molecule has 86 valence electrons. The monoisotopic (exact) mass is 202 g/mol. The normalized spacial score (nSPS) is 20.1. The lowest BCUT2D eigenvalue weighted by Crippen LogP contribution is -2.31. The largest absolute Gasteiger partial charge is 0.393 e. The molecule has 0 radical (unpaired) electrons. The first-order valence-electron chi connectivity index (χ1n) is 5.87. The summed E-state index contributed by atoms with van der Waals surface area (Å²) in [6, 6.07) is 0. The van der Waals surface area contributed by atoms with Crippen molar-refractivity contribution >= 4 is 0 Å². The van der Waals surface area contributed by atoms with Crippen LogP contribution in [0.1, 0.15) is 59.8 Å².